The van der Waals surface area contributed by atoms with Crippen LogP contribution in [-0.2, 0) is 4.79 Å². The molecule has 1 amide bonds. The van der Waals surface area contributed by atoms with E-state index < -0.39 is 0 Å². The Hall–Kier alpha value is -0.570. The zero-order valence-corrected chi connectivity index (χ0v) is 11.1. The first-order chi connectivity index (χ1) is 7.47. The third kappa shape index (κ3) is 2.97. The summed E-state index contributed by atoms with van der Waals surface area (Å²) in [7, 11) is 0. The number of hydrogen-bond acceptors (Lipinski definition) is 2. The molecule has 3 atom stereocenters. The lowest BCUT2D eigenvalue weighted by Crippen LogP contribution is -2.52. The average Bonchev–Trinajstić information content (AvgIpc) is 2.26. The molecular weight excluding hydrogens is 200 g/mol. The van der Waals surface area contributed by atoms with Gasteiger partial charge in [-0.3, -0.25) is 4.79 Å². The van der Waals surface area contributed by atoms with Crippen molar-refractivity contribution in [3.8, 4) is 0 Å². The molecule has 0 aliphatic carbocycles. The van der Waals surface area contributed by atoms with Crippen molar-refractivity contribution in [3.05, 3.63) is 0 Å². The van der Waals surface area contributed by atoms with E-state index in [9.17, 15) is 4.79 Å². The largest absolute Gasteiger partial charge is 0.341 e. The Labute approximate surface area is 99.4 Å². The van der Waals surface area contributed by atoms with Crippen molar-refractivity contribution < 1.29 is 4.79 Å². The van der Waals surface area contributed by atoms with Crippen molar-refractivity contribution >= 4 is 5.91 Å². The minimum Gasteiger partial charge on any atom is -0.341 e. The maximum absolute atomic E-state index is 12.2. The van der Waals surface area contributed by atoms with Crippen LogP contribution in [0.25, 0.3) is 0 Å². The molecule has 3 unspecified atom stereocenters. The van der Waals surface area contributed by atoms with Crippen LogP contribution in [0.2, 0.25) is 0 Å². The lowest BCUT2D eigenvalue weighted by atomic mass is 9.88. The van der Waals surface area contributed by atoms with Gasteiger partial charge >= 0.3 is 0 Å². The highest BCUT2D eigenvalue weighted by molar-refractivity contribution is 5.78. The molecule has 0 saturated carbocycles. The number of hydrogen-bond donors (Lipinski definition) is 1. The molecule has 1 aliphatic heterocycles. The summed E-state index contributed by atoms with van der Waals surface area (Å²) in [5.41, 5.74) is 6.10. The number of likely N-dealkylation sites (tertiary alicyclic amines) is 1. The topological polar surface area (TPSA) is 46.3 Å². The first kappa shape index (κ1) is 13.5. The summed E-state index contributed by atoms with van der Waals surface area (Å²) in [6.45, 7) is 10.0. The quantitative estimate of drug-likeness (QED) is 0.798. The van der Waals surface area contributed by atoms with Gasteiger partial charge in [-0.05, 0) is 18.3 Å². The third-order valence-corrected chi connectivity index (χ3v) is 4.03. The van der Waals surface area contributed by atoms with Gasteiger partial charge in [-0.2, -0.15) is 0 Å². The number of rotatable bonds is 3. The molecule has 2 N–H and O–H groups in total. The van der Waals surface area contributed by atoms with E-state index in [1.807, 2.05) is 11.8 Å². The monoisotopic (exact) mass is 226 g/mol. The van der Waals surface area contributed by atoms with Crippen molar-refractivity contribution in [2.75, 3.05) is 13.1 Å². The Balaban J connectivity index is 2.54. The van der Waals surface area contributed by atoms with Gasteiger partial charge in [0.2, 0.25) is 5.91 Å². The van der Waals surface area contributed by atoms with Crippen LogP contribution in [0.15, 0.2) is 0 Å². The minimum absolute atomic E-state index is 0.116. The number of piperidine rings is 1. The van der Waals surface area contributed by atoms with Gasteiger partial charge in [-0.1, -0.05) is 34.1 Å². The predicted octanol–water partition coefficient (Wildman–Crippen LogP) is 1.86. The molecule has 1 heterocycles. The predicted molar refractivity (Wildman–Crippen MR) is 67.0 cm³/mol. The molecule has 0 aromatic carbocycles. The number of nitrogens with two attached hydrogens (primary N) is 1. The fourth-order valence-electron chi connectivity index (χ4n) is 2.31. The van der Waals surface area contributed by atoms with Crippen LogP contribution in [-0.4, -0.2) is 29.9 Å². The normalized spacial score (nSPS) is 28.2. The first-order valence-electron chi connectivity index (χ1n) is 6.51. The molecule has 3 heteroatoms. The second kappa shape index (κ2) is 5.67. The molecular formula is C13H26N2O. The summed E-state index contributed by atoms with van der Waals surface area (Å²) in [4.78, 5) is 14.1. The van der Waals surface area contributed by atoms with Crippen molar-refractivity contribution in [2.24, 2.45) is 23.5 Å². The Morgan fingerprint density at radius 2 is 2.06 bits per heavy atom. The molecule has 3 nitrogen and oxygen atoms in total. The highest BCUT2D eigenvalue weighted by Crippen LogP contribution is 2.22. The van der Waals surface area contributed by atoms with Crippen LogP contribution in [0.4, 0.5) is 0 Å². The lowest BCUT2D eigenvalue weighted by Gasteiger charge is -2.38. The van der Waals surface area contributed by atoms with Gasteiger partial charge < -0.3 is 10.6 Å². The molecule has 0 spiro atoms. The van der Waals surface area contributed by atoms with E-state index in [2.05, 4.69) is 20.8 Å². The Morgan fingerprint density at radius 1 is 1.44 bits per heavy atom. The van der Waals surface area contributed by atoms with Gasteiger partial charge in [0.15, 0.2) is 0 Å². The maximum atomic E-state index is 12.2. The molecule has 1 fully saturated rings. The van der Waals surface area contributed by atoms with E-state index in [0.717, 1.165) is 25.9 Å². The Kier molecular flexibility index (Phi) is 4.78. The first-order valence-corrected chi connectivity index (χ1v) is 6.51. The summed E-state index contributed by atoms with van der Waals surface area (Å²) >= 11 is 0. The molecule has 1 aliphatic rings. The van der Waals surface area contributed by atoms with Gasteiger partial charge in [0.25, 0.3) is 0 Å². The standard InChI is InChI=1S/C13H26N2O/c1-5-11-6-7-15(8-12(11)14)13(16)10(4)9(2)3/h9-12H,5-8,14H2,1-4H3. The molecule has 0 radical (unpaired) electrons. The number of carbonyl (C=O) groups excluding carboxylic acids is 1. The van der Waals surface area contributed by atoms with Gasteiger partial charge in [0.05, 0.1) is 0 Å². The maximum Gasteiger partial charge on any atom is 0.225 e. The SMILES string of the molecule is CCC1CCN(C(=O)C(C)C(C)C)CC1N. The number of carbonyl (C=O) groups is 1. The van der Waals surface area contributed by atoms with Crippen LogP contribution in [0.1, 0.15) is 40.5 Å². The Bertz CT molecular complexity index is 240. The summed E-state index contributed by atoms with van der Waals surface area (Å²) in [6.07, 6.45) is 2.19. The van der Waals surface area contributed by atoms with Gasteiger partial charge in [0.1, 0.15) is 0 Å². The Morgan fingerprint density at radius 3 is 2.50 bits per heavy atom. The smallest absolute Gasteiger partial charge is 0.225 e. The van der Waals surface area contributed by atoms with Crippen molar-refractivity contribution in [1.82, 2.24) is 4.90 Å². The van der Waals surface area contributed by atoms with Crippen LogP contribution < -0.4 is 5.73 Å². The van der Waals surface area contributed by atoms with Crippen LogP contribution in [0.5, 0.6) is 0 Å². The van der Waals surface area contributed by atoms with E-state index in [1.165, 1.54) is 0 Å². The third-order valence-electron chi connectivity index (χ3n) is 4.03. The fourth-order valence-corrected chi connectivity index (χ4v) is 2.31. The van der Waals surface area contributed by atoms with Crippen molar-refractivity contribution in [3.63, 3.8) is 0 Å². The molecule has 94 valence electrons. The lowest BCUT2D eigenvalue weighted by molar-refractivity contribution is -0.138. The molecule has 0 aromatic rings. The highest BCUT2D eigenvalue weighted by atomic mass is 16.2. The zero-order chi connectivity index (χ0) is 12.3. The molecule has 16 heavy (non-hydrogen) atoms. The molecule has 1 rings (SSSR count). The molecule has 0 bridgehead atoms. The van der Waals surface area contributed by atoms with Gasteiger partial charge in [-0.25, -0.2) is 0 Å². The van der Waals surface area contributed by atoms with Gasteiger partial charge in [0, 0.05) is 25.0 Å². The molecule has 0 aromatic heterocycles. The zero-order valence-electron chi connectivity index (χ0n) is 11.1. The molecule has 1 saturated heterocycles. The average molecular weight is 226 g/mol. The highest BCUT2D eigenvalue weighted by Gasteiger charge is 2.30. The number of amides is 1. The van der Waals surface area contributed by atoms with Crippen LogP contribution in [0, 0.1) is 17.8 Å². The van der Waals surface area contributed by atoms with Crippen molar-refractivity contribution in [2.45, 2.75) is 46.6 Å². The van der Waals surface area contributed by atoms with E-state index in [1.54, 1.807) is 0 Å². The summed E-state index contributed by atoms with van der Waals surface area (Å²) in [5.74, 6) is 1.40. The minimum atomic E-state index is 0.116. The summed E-state index contributed by atoms with van der Waals surface area (Å²) in [5, 5.41) is 0. The van der Waals surface area contributed by atoms with E-state index in [4.69, 9.17) is 5.73 Å². The van der Waals surface area contributed by atoms with Crippen LogP contribution >= 0.6 is 0 Å². The second-order valence-electron chi connectivity index (χ2n) is 5.44. The van der Waals surface area contributed by atoms with E-state index in [-0.39, 0.29) is 17.9 Å². The van der Waals surface area contributed by atoms with Crippen LogP contribution in [0.3, 0.4) is 0 Å². The number of nitrogens with zero attached hydrogens (tertiary/aromatic N) is 1. The van der Waals surface area contributed by atoms with E-state index >= 15 is 0 Å². The fraction of sp³-hybridized carbons (Fsp3) is 0.923. The summed E-state index contributed by atoms with van der Waals surface area (Å²) in [6, 6.07) is 0.169. The van der Waals surface area contributed by atoms with E-state index in [0.29, 0.717) is 11.8 Å². The van der Waals surface area contributed by atoms with Gasteiger partial charge in [-0.15, -0.1) is 0 Å². The summed E-state index contributed by atoms with van der Waals surface area (Å²) < 4.78 is 0. The van der Waals surface area contributed by atoms with Crippen molar-refractivity contribution in [1.29, 1.82) is 0 Å². The second-order valence-corrected chi connectivity index (χ2v) is 5.44.